The van der Waals surface area contributed by atoms with Crippen molar-refractivity contribution >= 4 is 5.97 Å². The summed E-state index contributed by atoms with van der Waals surface area (Å²) in [5, 5.41) is 0. The molecular formula is C11H20O2. The lowest BCUT2D eigenvalue weighted by atomic mass is 10.1. The number of esters is 1. The molecule has 2 nitrogen and oxygen atoms in total. The summed E-state index contributed by atoms with van der Waals surface area (Å²) in [6.07, 6.45) is 4.51. The molecule has 0 amide bonds. The maximum Gasteiger partial charge on any atom is 0.309 e. The maximum atomic E-state index is 11.5. The summed E-state index contributed by atoms with van der Waals surface area (Å²) in [6, 6.07) is 0. The first-order valence-electron chi connectivity index (χ1n) is 5.31. The molecule has 0 aliphatic heterocycles. The van der Waals surface area contributed by atoms with Gasteiger partial charge in [0.05, 0.1) is 5.92 Å². The highest BCUT2D eigenvalue weighted by Crippen LogP contribution is 2.26. The Bertz CT molecular complexity index is 169. The first-order chi connectivity index (χ1) is 6.11. The highest BCUT2D eigenvalue weighted by molar-refractivity contribution is 5.72. The van der Waals surface area contributed by atoms with E-state index in [9.17, 15) is 4.79 Å². The van der Waals surface area contributed by atoms with Gasteiger partial charge in [-0.25, -0.2) is 0 Å². The lowest BCUT2D eigenvalue weighted by Crippen LogP contribution is -2.24. The largest absolute Gasteiger partial charge is 0.462 e. The molecule has 0 saturated heterocycles. The topological polar surface area (TPSA) is 26.3 Å². The third kappa shape index (κ3) is 3.02. The summed E-state index contributed by atoms with van der Waals surface area (Å²) in [4.78, 5) is 11.5. The van der Waals surface area contributed by atoms with Crippen LogP contribution < -0.4 is 0 Å². The number of ether oxygens (including phenoxy) is 1. The fourth-order valence-electron chi connectivity index (χ4n) is 1.58. The molecular weight excluding hydrogens is 164 g/mol. The number of carbonyl (C=O) groups excluding carboxylic acids is 1. The Balaban J connectivity index is 2.31. The molecule has 0 spiro atoms. The van der Waals surface area contributed by atoms with Gasteiger partial charge in [0, 0.05) is 0 Å². The number of hydrogen-bond donors (Lipinski definition) is 0. The van der Waals surface area contributed by atoms with Gasteiger partial charge in [-0.15, -0.1) is 0 Å². The lowest BCUT2D eigenvalue weighted by molar-refractivity contribution is -0.155. The van der Waals surface area contributed by atoms with Gasteiger partial charge in [-0.3, -0.25) is 4.79 Å². The molecule has 0 aromatic rings. The van der Waals surface area contributed by atoms with Gasteiger partial charge in [0.25, 0.3) is 0 Å². The molecule has 76 valence electrons. The van der Waals surface area contributed by atoms with E-state index in [0.717, 1.165) is 12.8 Å². The maximum absolute atomic E-state index is 11.5. The monoisotopic (exact) mass is 184 g/mol. The highest BCUT2D eigenvalue weighted by atomic mass is 16.5. The lowest BCUT2D eigenvalue weighted by Gasteiger charge is -2.18. The molecule has 2 heteroatoms. The van der Waals surface area contributed by atoms with E-state index in [-0.39, 0.29) is 18.0 Å². The first-order valence-corrected chi connectivity index (χ1v) is 5.31. The van der Waals surface area contributed by atoms with Gasteiger partial charge in [0.2, 0.25) is 0 Å². The molecule has 1 unspecified atom stereocenters. The third-order valence-corrected chi connectivity index (χ3v) is 2.93. The van der Waals surface area contributed by atoms with Crippen molar-refractivity contribution in [1.82, 2.24) is 0 Å². The van der Waals surface area contributed by atoms with Crippen molar-refractivity contribution in [2.45, 2.75) is 52.6 Å². The number of carbonyl (C=O) groups is 1. The molecule has 1 atom stereocenters. The predicted octanol–water partition coefficient (Wildman–Crippen LogP) is 2.76. The Kier molecular flexibility index (Phi) is 3.76. The van der Waals surface area contributed by atoms with Crippen LogP contribution in [-0.4, -0.2) is 12.1 Å². The average Bonchev–Trinajstić information content (AvgIpc) is 2.55. The van der Waals surface area contributed by atoms with E-state index in [1.807, 2.05) is 6.92 Å². The van der Waals surface area contributed by atoms with Gasteiger partial charge in [-0.05, 0) is 25.7 Å². The molecule has 1 saturated carbocycles. The van der Waals surface area contributed by atoms with Crippen molar-refractivity contribution in [3.63, 3.8) is 0 Å². The van der Waals surface area contributed by atoms with Crippen LogP contribution in [0.4, 0.5) is 0 Å². The van der Waals surface area contributed by atoms with Crippen LogP contribution in [0.3, 0.4) is 0 Å². The van der Waals surface area contributed by atoms with Gasteiger partial charge in [0.15, 0.2) is 0 Å². The zero-order valence-corrected chi connectivity index (χ0v) is 8.88. The summed E-state index contributed by atoms with van der Waals surface area (Å²) in [7, 11) is 0. The van der Waals surface area contributed by atoms with E-state index in [0.29, 0.717) is 5.92 Å². The van der Waals surface area contributed by atoms with Crippen LogP contribution in [0.2, 0.25) is 0 Å². The summed E-state index contributed by atoms with van der Waals surface area (Å²) in [5.41, 5.74) is 0. The van der Waals surface area contributed by atoms with E-state index in [1.165, 1.54) is 12.8 Å². The second kappa shape index (κ2) is 4.64. The molecule has 0 heterocycles. The molecule has 0 aromatic carbocycles. The molecule has 1 rings (SSSR count). The SMILES string of the molecule is CC(C)C(C)OC(=O)C1CCCC1. The van der Waals surface area contributed by atoms with Crippen molar-refractivity contribution in [2.75, 3.05) is 0 Å². The van der Waals surface area contributed by atoms with Gasteiger partial charge < -0.3 is 4.74 Å². The van der Waals surface area contributed by atoms with E-state index in [2.05, 4.69) is 13.8 Å². The normalized spacial score (nSPS) is 20.6. The van der Waals surface area contributed by atoms with E-state index < -0.39 is 0 Å². The zero-order chi connectivity index (χ0) is 9.84. The minimum Gasteiger partial charge on any atom is -0.462 e. The Morgan fingerprint density at radius 2 is 1.77 bits per heavy atom. The van der Waals surface area contributed by atoms with E-state index >= 15 is 0 Å². The Labute approximate surface area is 80.7 Å². The standard InChI is InChI=1S/C11H20O2/c1-8(2)9(3)13-11(12)10-6-4-5-7-10/h8-10H,4-7H2,1-3H3. The first kappa shape index (κ1) is 10.6. The zero-order valence-electron chi connectivity index (χ0n) is 8.88. The molecule has 0 bridgehead atoms. The van der Waals surface area contributed by atoms with Crippen molar-refractivity contribution < 1.29 is 9.53 Å². The van der Waals surface area contributed by atoms with Gasteiger partial charge in [-0.2, -0.15) is 0 Å². The highest BCUT2D eigenvalue weighted by Gasteiger charge is 2.25. The molecule has 0 radical (unpaired) electrons. The molecule has 13 heavy (non-hydrogen) atoms. The second-order valence-corrected chi connectivity index (χ2v) is 4.37. The summed E-state index contributed by atoms with van der Waals surface area (Å²) < 4.78 is 5.36. The van der Waals surface area contributed by atoms with E-state index in [1.54, 1.807) is 0 Å². The van der Waals surface area contributed by atoms with Gasteiger partial charge in [0.1, 0.15) is 6.10 Å². The van der Waals surface area contributed by atoms with Crippen molar-refractivity contribution in [1.29, 1.82) is 0 Å². The summed E-state index contributed by atoms with van der Waals surface area (Å²) >= 11 is 0. The van der Waals surface area contributed by atoms with Crippen LogP contribution in [-0.2, 0) is 9.53 Å². The van der Waals surface area contributed by atoms with Crippen molar-refractivity contribution in [3.8, 4) is 0 Å². The third-order valence-electron chi connectivity index (χ3n) is 2.93. The predicted molar refractivity (Wildman–Crippen MR) is 52.4 cm³/mol. The van der Waals surface area contributed by atoms with Crippen LogP contribution in [0.25, 0.3) is 0 Å². The fraction of sp³-hybridized carbons (Fsp3) is 0.909. The minimum atomic E-state index is 0.0266. The van der Waals surface area contributed by atoms with Crippen LogP contribution in [0.5, 0.6) is 0 Å². The van der Waals surface area contributed by atoms with Crippen LogP contribution in [0.1, 0.15) is 46.5 Å². The number of rotatable bonds is 3. The Morgan fingerprint density at radius 3 is 2.23 bits per heavy atom. The van der Waals surface area contributed by atoms with Crippen LogP contribution in [0, 0.1) is 11.8 Å². The summed E-state index contributed by atoms with van der Waals surface area (Å²) in [5.74, 6) is 0.644. The average molecular weight is 184 g/mol. The number of hydrogen-bond acceptors (Lipinski definition) is 2. The smallest absolute Gasteiger partial charge is 0.309 e. The van der Waals surface area contributed by atoms with Gasteiger partial charge >= 0.3 is 5.97 Å². The van der Waals surface area contributed by atoms with Crippen molar-refractivity contribution in [2.24, 2.45) is 11.8 Å². The van der Waals surface area contributed by atoms with Gasteiger partial charge in [-0.1, -0.05) is 26.7 Å². The minimum absolute atomic E-state index is 0.0266. The summed E-state index contributed by atoms with van der Waals surface area (Å²) in [6.45, 7) is 6.12. The Hall–Kier alpha value is -0.530. The second-order valence-electron chi connectivity index (χ2n) is 4.37. The fourth-order valence-corrected chi connectivity index (χ4v) is 1.58. The molecule has 1 fully saturated rings. The van der Waals surface area contributed by atoms with Crippen LogP contribution >= 0.6 is 0 Å². The molecule has 1 aliphatic carbocycles. The Morgan fingerprint density at radius 1 is 1.23 bits per heavy atom. The molecule has 1 aliphatic rings. The van der Waals surface area contributed by atoms with Crippen molar-refractivity contribution in [3.05, 3.63) is 0 Å². The van der Waals surface area contributed by atoms with E-state index in [4.69, 9.17) is 4.74 Å². The molecule has 0 N–H and O–H groups in total. The van der Waals surface area contributed by atoms with Crippen LogP contribution in [0.15, 0.2) is 0 Å². The molecule has 0 aromatic heterocycles. The quantitative estimate of drug-likeness (QED) is 0.630.